The summed E-state index contributed by atoms with van der Waals surface area (Å²) in [5, 5.41) is 3.15. The minimum atomic E-state index is -0.453. The standard InChI is InChI=1S/C28H36N4O4/c1-4-28(5-2)18-25(33)32(27(29)31-28)23(14-15-35-3)19-9-8-10-20(17-19)26(34)30-22-13-16-36-24-12-7-6-11-21(22)24/h6-12,17,22-23H,4-5,13-16,18H2,1-3H3,(H2,29,31)(H,30,34)/t22-,23+/m0/s1. The minimum Gasteiger partial charge on any atom is -0.493 e. The van der Waals surface area contributed by atoms with Gasteiger partial charge in [-0.05, 0) is 43.0 Å². The Bertz CT molecular complexity index is 1130. The molecule has 2 aromatic carbocycles. The van der Waals surface area contributed by atoms with Crippen molar-refractivity contribution in [1.29, 1.82) is 0 Å². The van der Waals surface area contributed by atoms with Gasteiger partial charge in [-0.1, -0.05) is 44.2 Å². The van der Waals surface area contributed by atoms with Gasteiger partial charge in [-0.3, -0.25) is 14.5 Å². The number of fused-ring (bicyclic) bond motifs is 1. The highest BCUT2D eigenvalue weighted by Gasteiger charge is 2.40. The summed E-state index contributed by atoms with van der Waals surface area (Å²) in [7, 11) is 1.63. The molecule has 2 aliphatic rings. The molecule has 0 spiro atoms. The van der Waals surface area contributed by atoms with Gasteiger partial charge < -0.3 is 20.5 Å². The molecular weight excluding hydrogens is 456 g/mol. The number of nitrogens with zero attached hydrogens (tertiary/aromatic N) is 2. The Labute approximate surface area is 212 Å². The first-order valence-electron chi connectivity index (χ1n) is 12.7. The van der Waals surface area contributed by atoms with Crippen molar-refractivity contribution in [2.75, 3.05) is 20.3 Å². The molecular formula is C28H36N4O4. The minimum absolute atomic E-state index is 0.0547. The molecule has 8 heteroatoms. The number of amides is 2. The molecule has 8 nitrogen and oxygen atoms in total. The molecule has 192 valence electrons. The maximum Gasteiger partial charge on any atom is 0.251 e. The number of hydrogen-bond acceptors (Lipinski definition) is 6. The van der Waals surface area contributed by atoms with Gasteiger partial charge in [0.25, 0.3) is 5.91 Å². The van der Waals surface area contributed by atoms with E-state index in [0.717, 1.165) is 29.7 Å². The first-order chi connectivity index (χ1) is 17.4. The van der Waals surface area contributed by atoms with E-state index in [1.165, 1.54) is 0 Å². The molecule has 0 bridgehead atoms. The Morgan fingerprint density at radius 2 is 2.03 bits per heavy atom. The van der Waals surface area contributed by atoms with Crippen LogP contribution in [0, 0.1) is 0 Å². The molecule has 2 heterocycles. The summed E-state index contributed by atoms with van der Waals surface area (Å²) in [4.78, 5) is 33.0. The quantitative estimate of drug-likeness (QED) is 0.548. The van der Waals surface area contributed by atoms with Crippen molar-refractivity contribution in [3.63, 3.8) is 0 Å². The Kier molecular flexibility index (Phi) is 7.94. The van der Waals surface area contributed by atoms with Crippen LogP contribution in [-0.4, -0.2) is 48.5 Å². The van der Waals surface area contributed by atoms with Gasteiger partial charge in [0.2, 0.25) is 5.91 Å². The second-order valence-electron chi connectivity index (χ2n) is 9.47. The number of nitrogens with one attached hydrogen (secondary N) is 1. The van der Waals surface area contributed by atoms with Crippen molar-refractivity contribution in [3.8, 4) is 5.75 Å². The Morgan fingerprint density at radius 1 is 1.25 bits per heavy atom. The van der Waals surface area contributed by atoms with E-state index in [1.54, 1.807) is 18.1 Å². The molecule has 0 aromatic heterocycles. The highest BCUT2D eigenvalue weighted by molar-refractivity contribution is 6.00. The molecule has 3 N–H and O–H groups in total. The van der Waals surface area contributed by atoms with Crippen LogP contribution in [0.25, 0.3) is 0 Å². The fourth-order valence-corrected chi connectivity index (χ4v) is 5.12. The number of hydrogen-bond donors (Lipinski definition) is 2. The first-order valence-corrected chi connectivity index (χ1v) is 12.7. The molecule has 0 saturated carbocycles. The van der Waals surface area contributed by atoms with Crippen LogP contribution in [0.5, 0.6) is 5.75 Å². The van der Waals surface area contributed by atoms with E-state index in [2.05, 4.69) is 5.32 Å². The molecule has 0 radical (unpaired) electrons. The van der Waals surface area contributed by atoms with Gasteiger partial charge in [0.05, 0.1) is 30.7 Å². The first kappa shape index (κ1) is 25.7. The van der Waals surface area contributed by atoms with Gasteiger partial charge in [0, 0.05) is 31.3 Å². The molecule has 0 fully saturated rings. The van der Waals surface area contributed by atoms with Gasteiger partial charge in [0.15, 0.2) is 5.96 Å². The second-order valence-corrected chi connectivity index (χ2v) is 9.47. The molecule has 2 aliphatic heterocycles. The third-order valence-corrected chi connectivity index (χ3v) is 7.37. The van der Waals surface area contributed by atoms with Gasteiger partial charge in [-0.2, -0.15) is 0 Å². The van der Waals surface area contributed by atoms with Crippen molar-refractivity contribution >= 4 is 17.8 Å². The number of nitrogens with two attached hydrogens (primary N) is 1. The van der Waals surface area contributed by atoms with Gasteiger partial charge >= 0.3 is 0 Å². The normalized spacial score (nSPS) is 19.6. The molecule has 36 heavy (non-hydrogen) atoms. The van der Waals surface area contributed by atoms with Crippen molar-refractivity contribution in [2.45, 2.75) is 63.6 Å². The summed E-state index contributed by atoms with van der Waals surface area (Å²) in [6.45, 7) is 5.05. The SMILES string of the molecule is CCC1(CC)CC(=O)N([C@H](CCOC)c2cccc(C(=O)N[C@H]3CCOc4ccccc43)c2)C(N)=N1. The van der Waals surface area contributed by atoms with Crippen molar-refractivity contribution in [3.05, 3.63) is 65.2 Å². The number of methoxy groups -OCH3 is 1. The van der Waals surface area contributed by atoms with E-state index in [1.807, 2.05) is 56.3 Å². The maximum atomic E-state index is 13.3. The molecule has 0 saturated heterocycles. The maximum absolute atomic E-state index is 13.3. The van der Waals surface area contributed by atoms with Gasteiger partial charge in [-0.25, -0.2) is 4.99 Å². The van der Waals surface area contributed by atoms with Crippen molar-refractivity contribution in [2.24, 2.45) is 10.7 Å². The molecule has 0 aliphatic carbocycles. The third-order valence-electron chi connectivity index (χ3n) is 7.37. The van der Waals surface area contributed by atoms with Crippen LogP contribution in [0.2, 0.25) is 0 Å². The molecule has 2 amide bonds. The summed E-state index contributed by atoms with van der Waals surface area (Å²) >= 11 is 0. The Balaban J connectivity index is 1.60. The third kappa shape index (κ3) is 5.23. The highest BCUT2D eigenvalue weighted by Crippen LogP contribution is 2.35. The number of rotatable bonds is 9. The van der Waals surface area contributed by atoms with E-state index in [0.29, 0.717) is 38.0 Å². The lowest BCUT2D eigenvalue weighted by molar-refractivity contribution is -0.131. The zero-order valence-electron chi connectivity index (χ0n) is 21.3. The topological polar surface area (TPSA) is 106 Å². The van der Waals surface area contributed by atoms with E-state index in [9.17, 15) is 9.59 Å². The smallest absolute Gasteiger partial charge is 0.251 e. The number of guanidine groups is 1. The second kappa shape index (κ2) is 11.1. The molecule has 0 unspecified atom stereocenters. The zero-order chi connectivity index (χ0) is 25.7. The van der Waals surface area contributed by atoms with Crippen LogP contribution >= 0.6 is 0 Å². The number of para-hydroxylation sites is 1. The number of carbonyl (C=O) groups is 2. The van der Waals surface area contributed by atoms with E-state index >= 15 is 0 Å². The average Bonchev–Trinajstić information content (AvgIpc) is 2.90. The fraction of sp³-hybridized carbons (Fsp3) is 0.464. The number of carbonyl (C=O) groups excluding carboxylic acids is 2. The zero-order valence-corrected chi connectivity index (χ0v) is 21.3. The van der Waals surface area contributed by atoms with E-state index < -0.39 is 5.54 Å². The van der Waals surface area contributed by atoms with E-state index in [4.69, 9.17) is 20.2 Å². The highest BCUT2D eigenvalue weighted by atomic mass is 16.5. The average molecular weight is 493 g/mol. The fourth-order valence-electron chi connectivity index (χ4n) is 5.12. The molecule has 2 aromatic rings. The van der Waals surface area contributed by atoms with Crippen LogP contribution in [0.15, 0.2) is 53.5 Å². The van der Waals surface area contributed by atoms with Gasteiger partial charge in [-0.15, -0.1) is 0 Å². The number of aliphatic imine (C=N–C) groups is 1. The lowest BCUT2D eigenvalue weighted by atomic mass is 9.87. The van der Waals surface area contributed by atoms with E-state index in [-0.39, 0.29) is 29.9 Å². The van der Waals surface area contributed by atoms with Gasteiger partial charge in [0.1, 0.15) is 5.75 Å². The lowest BCUT2D eigenvalue weighted by Crippen LogP contribution is -2.52. The predicted octanol–water partition coefficient (Wildman–Crippen LogP) is 4.12. The number of benzene rings is 2. The summed E-state index contributed by atoms with van der Waals surface area (Å²) in [6, 6.07) is 14.6. The van der Waals surface area contributed by atoms with Crippen LogP contribution in [-0.2, 0) is 9.53 Å². The monoisotopic (exact) mass is 492 g/mol. The van der Waals surface area contributed by atoms with Crippen LogP contribution in [0.1, 0.15) is 79.5 Å². The summed E-state index contributed by atoms with van der Waals surface area (Å²) in [5.41, 5.74) is 8.26. The summed E-state index contributed by atoms with van der Waals surface area (Å²) in [5.74, 6) is 0.799. The molecule has 2 atom stereocenters. The van der Waals surface area contributed by atoms with Crippen molar-refractivity contribution in [1.82, 2.24) is 10.2 Å². The van der Waals surface area contributed by atoms with Crippen LogP contribution < -0.4 is 15.8 Å². The number of ether oxygens (including phenoxy) is 2. The molecule has 4 rings (SSSR count). The Morgan fingerprint density at radius 3 is 2.75 bits per heavy atom. The predicted molar refractivity (Wildman–Crippen MR) is 139 cm³/mol. The van der Waals surface area contributed by atoms with Crippen LogP contribution in [0.4, 0.5) is 0 Å². The summed E-state index contributed by atoms with van der Waals surface area (Å²) in [6.07, 6.45) is 3.04. The lowest BCUT2D eigenvalue weighted by Gasteiger charge is -2.40. The Hall–Kier alpha value is -3.39. The summed E-state index contributed by atoms with van der Waals surface area (Å²) < 4.78 is 11.1. The van der Waals surface area contributed by atoms with Crippen molar-refractivity contribution < 1.29 is 19.1 Å². The van der Waals surface area contributed by atoms with Crippen LogP contribution in [0.3, 0.4) is 0 Å². The largest absolute Gasteiger partial charge is 0.493 e.